The SMILES string of the molecule is NC(=O)n1c(O)c(C(=O)Nc2ccccc2)c2ccc([N+](=O)[O-])cc21. The van der Waals surface area contributed by atoms with Gasteiger partial charge in [0.15, 0.2) is 0 Å². The van der Waals surface area contributed by atoms with Crippen LogP contribution in [0.5, 0.6) is 5.88 Å². The van der Waals surface area contributed by atoms with Gasteiger partial charge in [0.05, 0.1) is 10.4 Å². The number of benzene rings is 2. The molecule has 0 aliphatic heterocycles. The van der Waals surface area contributed by atoms with Gasteiger partial charge in [0.2, 0.25) is 5.88 Å². The molecule has 0 aliphatic rings. The average molecular weight is 340 g/mol. The molecular weight excluding hydrogens is 328 g/mol. The number of nitro groups is 1. The third-order valence-electron chi connectivity index (χ3n) is 3.62. The Kier molecular flexibility index (Phi) is 3.82. The molecule has 25 heavy (non-hydrogen) atoms. The van der Waals surface area contributed by atoms with E-state index >= 15 is 0 Å². The van der Waals surface area contributed by atoms with E-state index < -0.39 is 22.7 Å². The molecule has 2 aromatic carbocycles. The summed E-state index contributed by atoms with van der Waals surface area (Å²) in [4.78, 5) is 34.4. The van der Waals surface area contributed by atoms with E-state index in [0.29, 0.717) is 10.3 Å². The van der Waals surface area contributed by atoms with Crippen LogP contribution in [0.4, 0.5) is 16.2 Å². The predicted molar refractivity (Wildman–Crippen MR) is 89.6 cm³/mol. The van der Waals surface area contributed by atoms with E-state index in [9.17, 15) is 24.8 Å². The Balaban J connectivity index is 2.18. The molecule has 0 aliphatic carbocycles. The Morgan fingerprint density at radius 3 is 2.44 bits per heavy atom. The van der Waals surface area contributed by atoms with Crippen LogP contribution >= 0.6 is 0 Å². The summed E-state index contributed by atoms with van der Waals surface area (Å²) in [5.74, 6) is -1.36. The molecule has 0 unspecified atom stereocenters. The van der Waals surface area contributed by atoms with Crippen molar-refractivity contribution in [2.24, 2.45) is 5.73 Å². The second-order valence-electron chi connectivity index (χ2n) is 5.15. The number of aromatic hydroxyl groups is 1. The van der Waals surface area contributed by atoms with Crippen molar-refractivity contribution >= 4 is 34.2 Å². The van der Waals surface area contributed by atoms with Crippen LogP contribution < -0.4 is 11.1 Å². The molecule has 126 valence electrons. The predicted octanol–water partition coefficient (Wildman–Crippen LogP) is 2.43. The van der Waals surface area contributed by atoms with E-state index in [0.717, 1.165) is 6.07 Å². The van der Waals surface area contributed by atoms with Crippen LogP contribution in [0.1, 0.15) is 10.4 Å². The van der Waals surface area contributed by atoms with Gasteiger partial charge < -0.3 is 16.2 Å². The molecule has 0 saturated carbocycles. The third kappa shape index (κ3) is 2.74. The second kappa shape index (κ2) is 5.96. The molecule has 9 heteroatoms. The zero-order valence-corrected chi connectivity index (χ0v) is 12.7. The van der Waals surface area contributed by atoms with E-state index in [2.05, 4.69) is 5.32 Å². The monoisotopic (exact) mass is 340 g/mol. The fourth-order valence-electron chi connectivity index (χ4n) is 2.54. The topological polar surface area (TPSA) is 140 Å². The lowest BCUT2D eigenvalue weighted by molar-refractivity contribution is -0.384. The number of amides is 2. The van der Waals surface area contributed by atoms with Crippen LogP contribution in [-0.2, 0) is 0 Å². The smallest absolute Gasteiger partial charge is 0.326 e. The number of fused-ring (bicyclic) bond motifs is 1. The van der Waals surface area contributed by atoms with Crippen molar-refractivity contribution in [2.45, 2.75) is 0 Å². The molecule has 0 saturated heterocycles. The van der Waals surface area contributed by atoms with E-state index in [1.807, 2.05) is 0 Å². The van der Waals surface area contributed by atoms with Crippen LogP contribution in [0.3, 0.4) is 0 Å². The normalized spacial score (nSPS) is 10.6. The molecule has 0 bridgehead atoms. The summed E-state index contributed by atoms with van der Waals surface area (Å²) in [6.07, 6.45) is 0. The van der Waals surface area contributed by atoms with Gasteiger partial charge in [0, 0.05) is 23.2 Å². The quantitative estimate of drug-likeness (QED) is 0.496. The van der Waals surface area contributed by atoms with Gasteiger partial charge in [-0.2, -0.15) is 0 Å². The molecule has 1 heterocycles. The van der Waals surface area contributed by atoms with Gasteiger partial charge in [0.1, 0.15) is 5.56 Å². The van der Waals surface area contributed by atoms with Crippen LogP contribution in [-0.4, -0.2) is 26.5 Å². The molecule has 4 N–H and O–H groups in total. The molecule has 0 atom stereocenters. The first kappa shape index (κ1) is 16.0. The number of nitrogens with one attached hydrogen (secondary N) is 1. The van der Waals surface area contributed by atoms with Gasteiger partial charge in [-0.3, -0.25) is 14.9 Å². The standard InChI is InChI=1S/C16H12N4O5/c17-16(23)19-12-8-10(20(24)25)6-7-11(12)13(15(19)22)14(21)18-9-4-2-1-3-5-9/h1-8,22H,(H2,17,23)(H,18,21). The molecule has 3 aromatic rings. The fraction of sp³-hybridized carbons (Fsp3) is 0. The van der Waals surface area contributed by atoms with Gasteiger partial charge in [-0.05, 0) is 18.2 Å². The maximum atomic E-state index is 12.5. The van der Waals surface area contributed by atoms with Crippen molar-refractivity contribution in [2.75, 3.05) is 5.32 Å². The highest BCUT2D eigenvalue weighted by Gasteiger charge is 2.26. The van der Waals surface area contributed by atoms with Crippen molar-refractivity contribution < 1.29 is 19.6 Å². The van der Waals surface area contributed by atoms with Crippen molar-refractivity contribution in [3.8, 4) is 5.88 Å². The summed E-state index contributed by atoms with van der Waals surface area (Å²) in [6, 6.07) is 10.9. The molecule has 0 spiro atoms. The Hall–Kier alpha value is -3.88. The minimum Gasteiger partial charge on any atom is -0.494 e. The number of carbonyl (C=O) groups excluding carboxylic acids is 2. The number of nitrogens with two attached hydrogens (primary N) is 1. The zero-order valence-electron chi connectivity index (χ0n) is 12.7. The lowest BCUT2D eigenvalue weighted by Crippen LogP contribution is -2.19. The van der Waals surface area contributed by atoms with Crippen LogP contribution in [0.2, 0.25) is 0 Å². The number of anilines is 1. The summed E-state index contributed by atoms with van der Waals surface area (Å²) in [5.41, 5.74) is 5.18. The van der Waals surface area contributed by atoms with E-state index in [-0.39, 0.29) is 22.2 Å². The number of primary amides is 1. The zero-order chi connectivity index (χ0) is 18.1. The highest BCUT2D eigenvalue weighted by Crippen LogP contribution is 2.33. The maximum Gasteiger partial charge on any atom is 0.326 e. The lowest BCUT2D eigenvalue weighted by Gasteiger charge is -2.05. The highest BCUT2D eigenvalue weighted by atomic mass is 16.6. The summed E-state index contributed by atoms with van der Waals surface area (Å²) in [5, 5.41) is 24.0. The van der Waals surface area contributed by atoms with Crippen LogP contribution in [0.25, 0.3) is 10.9 Å². The van der Waals surface area contributed by atoms with Gasteiger partial charge in [-0.25, -0.2) is 9.36 Å². The Labute approximate surface area is 140 Å². The number of hydrogen-bond donors (Lipinski definition) is 3. The summed E-state index contributed by atoms with van der Waals surface area (Å²) in [6.45, 7) is 0. The van der Waals surface area contributed by atoms with Gasteiger partial charge in [-0.1, -0.05) is 18.2 Å². The van der Waals surface area contributed by atoms with Gasteiger partial charge >= 0.3 is 6.03 Å². The van der Waals surface area contributed by atoms with Crippen LogP contribution in [0.15, 0.2) is 48.5 Å². The highest BCUT2D eigenvalue weighted by molar-refractivity contribution is 6.17. The van der Waals surface area contributed by atoms with Crippen molar-refractivity contribution in [1.29, 1.82) is 0 Å². The minimum absolute atomic E-state index is 0.0302. The number of aromatic nitrogens is 1. The fourth-order valence-corrected chi connectivity index (χ4v) is 2.54. The number of nitro benzene ring substituents is 1. The third-order valence-corrected chi connectivity index (χ3v) is 3.62. The molecular formula is C16H12N4O5. The first-order valence-electron chi connectivity index (χ1n) is 7.08. The molecule has 1 aromatic heterocycles. The van der Waals surface area contributed by atoms with E-state index in [4.69, 9.17) is 5.73 Å². The first-order valence-corrected chi connectivity index (χ1v) is 7.08. The summed E-state index contributed by atoms with van der Waals surface area (Å²) in [7, 11) is 0. The van der Waals surface area contributed by atoms with Crippen molar-refractivity contribution in [3.63, 3.8) is 0 Å². The van der Waals surface area contributed by atoms with Gasteiger partial charge in [-0.15, -0.1) is 0 Å². The van der Waals surface area contributed by atoms with E-state index in [1.54, 1.807) is 30.3 Å². The number of carbonyl (C=O) groups is 2. The van der Waals surface area contributed by atoms with Crippen molar-refractivity contribution in [3.05, 3.63) is 64.2 Å². The number of non-ortho nitro benzene ring substituents is 1. The van der Waals surface area contributed by atoms with E-state index in [1.165, 1.54) is 12.1 Å². The molecule has 2 amide bonds. The number of rotatable bonds is 3. The second-order valence-corrected chi connectivity index (χ2v) is 5.15. The van der Waals surface area contributed by atoms with Gasteiger partial charge in [0.25, 0.3) is 11.6 Å². The Morgan fingerprint density at radius 1 is 1.16 bits per heavy atom. The first-order chi connectivity index (χ1) is 11.9. The number of hydrogen-bond acceptors (Lipinski definition) is 5. The number of para-hydroxylation sites is 1. The largest absolute Gasteiger partial charge is 0.494 e. The maximum absolute atomic E-state index is 12.5. The lowest BCUT2D eigenvalue weighted by atomic mass is 10.1. The number of nitrogens with zero attached hydrogens (tertiary/aromatic N) is 2. The summed E-state index contributed by atoms with van der Waals surface area (Å²) >= 11 is 0. The molecule has 3 rings (SSSR count). The minimum atomic E-state index is -1.07. The Morgan fingerprint density at radius 2 is 1.84 bits per heavy atom. The molecule has 0 radical (unpaired) electrons. The average Bonchev–Trinajstić information content (AvgIpc) is 2.86. The van der Waals surface area contributed by atoms with Crippen LogP contribution in [0, 0.1) is 10.1 Å². The molecule has 0 fully saturated rings. The Bertz CT molecular complexity index is 1010. The van der Waals surface area contributed by atoms with Crippen molar-refractivity contribution in [1.82, 2.24) is 4.57 Å². The molecule has 9 nitrogen and oxygen atoms in total. The summed E-state index contributed by atoms with van der Waals surface area (Å²) < 4.78 is 0.655.